The van der Waals surface area contributed by atoms with Gasteiger partial charge in [0.25, 0.3) is 0 Å². The van der Waals surface area contributed by atoms with Crippen molar-refractivity contribution >= 4 is 16.5 Å². The molecule has 3 rings (SSSR count). The Morgan fingerprint density at radius 2 is 2.25 bits per heavy atom. The second kappa shape index (κ2) is 3.86. The number of hydrogen-bond donors (Lipinski definition) is 1. The zero-order valence-corrected chi connectivity index (χ0v) is 9.54. The van der Waals surface area contributed by atoms with Crippen LogP contribution in [-0.4, -0.2) is 15.1 Å². The van der Waals surface area contributed by atoms with Crippen LogP contribution in [0.5, 0.6) is 0 Å². The first kappa shape index (κ1) is 9.77. The number of anilines is 1. The molecule has 2 aromatic heterocycles. The SMILES string of the molecule is Nc1nc(CCc2nc(C3CC3)no2)cs1. The van der Waals surface area contributed by atoms with Gasteiger partial charge in [-0.3, -0.25) is 0 Å². The van der Waals surface area contributed by atoms with Crippen molar-refractivity contribution in [3.63, 3.8) is 0 Å². The van der Waals surface area contributed by atoms with Crippen molar-refractivity contribution in [3.05, 3.63) is 22.8 Å². The second-order valence-electron chi connectivity index (χ2n) is 4.00. The number of hydrogen-bond acceptors (Lipinski definition) is 6. The van der Waals surface area contributed by atoms with Crippen LogP contribution in [0.25, 0.3) is 0 Å². The first-order valence-electron chi connectivity index (χ1n) is 5.33. The lowest BCUT2D eigenvalue weighted by Crippen LogP contribution is -1.93. The van der Waals surface area contributed by atoms with Gasteiger partial charge >= 0.3 is 0 Å². The van der Waals surface area contributed by atoms with E-state index in [1.54, 1.807) is 0 Å². The van der Waals surface area contributed by atoms with E-state index in [0.29, 0.717) is 16.9 Å². The van der Waals surface area contributed by atoms with E-state index in [-0.39, 0.29) is 0 Å². The molecule has 1 saturated carbocycles. The van der Waals surface area contributed by atoms with Gasteiger partial charge in [-0.15, -0.1) is 11.3 Å². The van der Waals surface area contributed by atoms with Crippen molar-refractivity contribution in [2.24, 2.45) is 0 Å². The van der Waals surface area contributed by atoms with E-state index < -0.39 is 0 Å². The van der Waals surface area contributed by atoms with Gasteiger partial charge in [-0.05, 0) is 19.3 Å². The van der Waals surface area contributed by atoms with Crippen molar-refractivity contribution in [1.29, 1.82) is 0 Å². The Labute approximate surface area is 96.7 Å². The zero-order valence-electron chi connectivity index (χ0n) is 8.72. The highest BCUT2D eigenvalue weighted by molar-refractivity contribution is 7.13. The van der Waals surface area contributed by atoms with E-state index >= 15 is 0 Å². The van der Waals surface area contributed by atoms with Crippen molar-refractivity contribution in [1.82, 2.24) is 15.1 Å². The Hall–Kier alpha value is -1.43. The van der Waals surface area contributed by atoms with Crippen molar-refractivity contribution < 1.29 is 4.52 Å². The average molecular weight is 236 g/mol. The molecule has 16 heavy (non-hydrogen) atoms. The van der Waals surface area contributed by atoms with Crippen LogP contribution in [0.1, 0.15) is 36.2 Å². The largest absolute Gasteiger partial charge is 0.375 e. The minimum atomic E-state index is 0.549. The lowest BCUT2D eigenvalue weighted by Gasteiger charge is -1.90. The Kier molecular flexibility index (Phi) is 2.36. The van der Waals surface area contributed by atoms with E-state index in [9.17, 15) is 0 Å². The molecule has 0 bridgehead atoms. The highest BCUT2D eigenvalue weighted by atomic mass is 32.1. The molecular formula is C10H12N4OS. The quantitative estimate of drug-likeness (QED) is 0.875. The van der Waals surface area contributed by atoms with Crippen LogP contribution in [0.2, 0.25) is 0 Å². The molecular weight excluding hydrogens is 224 g/mol. The molecule has 2 N–H and O–H groups in total. The summed E-state index contributed by atoms with van der Waals surface area (Å²) in [7, 11) is 0. The maximum absolute atomic E-state index is 5.56. The molecule has 0 saturated heterocycles. The van der Waals surface area contributed by atoms with Crippen molar-refractivity contribution in [3.8, 4) is 0 Å². The lowest BCUT2D eigenvalue weighted by molar-refractivity contribution is 0.373. The second-order valence-corrected chi connectivity index (χ2v) is 4.89. The third-order valence-corrected chi connectivity index (χ3v) is 3.31. The molecule has 0 atom stereocenters. The highest BCUT2D eigenvalue weighted by Gasteiger charge is 2.28. The Balaban J connectivity index is 1.61. The number of nitrogen functional groups attached to an aromatic ring is 1. The summed E-state index contributed by atoms with van der Waals surface area (Å²) < 4.78 is 5.18. The predicted molar refractivity (Wildman–Crippen MR) is 60.2 cm³/mol. The summed E-state index contributed by atoms with van der Waals surface area (Å²) in [5.41, 5.74) is 6.55. The Bertz CT molecular complexity index is 488. The minimum Gasteiger partial charge on any atom is -0.375 e. The number of nitrogens with zero attached hydrogens (tertiary/aromatic N) is 3. The molecule has 1 fully saturated rings. The van der Waals surface area contributed by atoms with E-state index in [0.717, 1.165) is 24.4 Å². The van der Waals surface area contributed by atoms with Crippen molar-refractivity contribution in [2.75, 3.05) is 5.73 Å². The van der Waals surface area contributed by atoms with Crippen LogP contribution in [0, 0.1) is 0 Å². The molecule has 2 heterocycles. The summed E-state index contributed by atoms with van der Waals surface area (Å²) in [6.45, 7) is 0. The predicted octanol–water partition coefficient (Wildman–Crippen LogP) is 1.77. The molecule has 0 aliphatic heterocycles. The van der Waals surface area contributed by atoms with Gasteiger partial charge in [0, 0.05) is 17.7 Å². The van der Waals surface area contributed by atoms with Crippen LogP contribution in [0.15, 0.2) is 9.90 Å². The average Bonchev–Trinajstić information content (AvgIpc) is 2.87. The normalized spacial score (nSPS) is 15.5. The summed E-state index contributed by atoms with van der Waals surface area (Å²) in [6, 6.07) is 0. The van der Waals surface area contributed by atoms with E-state index in [2.05, 4.69) is 15.1 Å². The Morgan fingerprint density at radius 1 is 1.38 bits per heavy atom. The summed E-state index contributed by atoms with van der Waals surface area (Å²) in [4.78, 5) is 8.55. The maximum Gasteiger partial charge on any atom is 0.227 e. The van der Waals surface area contributed by atoms with E-state index in [1.165, 1.54) is 24.2 Å². The van der Waals surface area contributed by atoms with Gasteiger partial charge in [0.2, 0.25) is 5.89 Å². The molecule has 84 valence electrons. The highest BCUT2D eigenvalue weighted by Crippen LogP contribution is 2.38. The summed E-state index contributed by atoms with van der Waals surface area (Å²) in [6.07, 6.45) is 3.94. The van der Waals surface area contributed by atoms with Gasteiger partial charge in [0.1, 0.15) is 0 Å². The van der Waals surface area contributed by atoms with Gasteiger partial charge < -0.3 is 10.3 Å². The van der Waals surface area contributed by atoms with Gasteiger partial charge in [-0.1, -0.05) is 5.16 Å². The van der Waals surface area contributed by atoms with Gasteiger partial charge in [-0.25, -0.2) is 4.98 Å². The maximum atomic E-state index is 5.56. The first-order chi connectivity index (χ1) is 7.81. The van der Waals surface area contributed by atoms with E-state index in [1.807, 2.05) is 5.38 Å². The molecule has 6 heteroatoms. The standard InChI is InChI=1S/C10H12N4OS/c11-10-12-7(5-16-10)3-4-8-13-9(14-15-8)6-1-2-6/h5-6H,1-4H2,(H2,11,12). The number of aromatic nitrogens is 3. The molecule has 0 radical (unpaired) electrons. The summed E-state index contributed by atoms with van der Waals surface area (Å²) >= 11 is 1.46. The molecule has 5 nitrogen and oxygen atoms in total. The zero-order chi connectivity index (χ0) is 11.0. The fraction of sp³-hybridized carbons (Fsp3) is 0.500. The topological polar surface area (TPSA) is 77.8 Å². The third-order valence-electron chi connectivity index (χ3n) is 2.59. The van der Waals surface area contributed by atoms with Crippen LogP contribution < -0.4 is 5.73 Å². The summed E-state index contributed by atoms with van der Waals surface area (Å²) in [5, 5.41) is 6.54. The monoisotopic (exact) mass is 236 g/mol. The molecule has 0 amide bonds. The van der Waals surface area contributed by atoms with Crippen LogP contribution >= 0.6 is 11.3 Å². The van der Waals surface area contributed by atoms with Crippen LogP contribution in [0.4, 0.5) is 5.13 Å². The van der Waals surface area contributed by atoms with Gasteiger partial charge in [-0.2, -0.15) is 4.98 Å². The lowest BCUT2D eigenvalue weighted by atomic mass is 10.2. The third kappa shape index (κ3) is 2.06. The van der Waals surface area contributed by atoms with Crippen LogP contribution in [0.3, 0.4) is 0 Å². The molecule has 0 aromatic carbocycles. The fourth-order valence-corrected chi connectivity index (χ4v) is 2.15. The van der Waals surface area contributed by atoms with Gasteiger partial charge in [0.05, 0.1) is 5.69 Å². The molecule has 0 unspecified atom stereocenters. The number of nitrogens with two attached hydrogens (primary N) is 1. The first-order valence-corrected chi connectivity index (χ1v) is 6.21. The smallest absolute Gasteiger partial charge is 0.227 e. The Morgan fingerprint density at radius 3 is 2.94 bits per heavy atom. The van der Waals surface area contributed by atoms with Crippen molar-refractivity contribution in [2.45, 2.75) is 31.6 Å². The van der Waals surface area contributed by atoms with Crippen LogP contribution in [-0.2, 0) is 12.8 Å². The van der Waals surface area contributed by atoms with Gasteiger partial charge in [0.15, 0.2) is 11.0 Å². The summed E-state index contributed by atoms with van der Waals surface area (Å²) in [5.74, 6) is 2.12. The molecule has 2 aromatic rings. The molecule has 0 spiro atoms. The number of rotatable bonds is 4. The number of thiazole rings is 1. The fourth-order valence-electron chi connectivity index (χ4n) is 1.55. The van der Waals surface area contributed by atoms with E-state index in [4.69, 9.17) is 10.3 Å². The molecule has 1 aliphatic carbocycles. The number of aryl methyl sites for hydroxylation is 2. The molecule has 1 aliphatic rings. The minimum absolute atomic E-state index is 0.549.